The average Bonchev–Trinajstić information content (AvgIpc) is 3.44. The molecule has 1 saturated carbocycles. The van der Waals surface area contributed by atoms with Crippen LogP contribution < -0.4 is 15.4 Å². The number of carbonyl (C=O) groups excluding carboxylic acids is 2. The molecular formula is C22H23N7O3. The van der Waals surface area contributed by atoms with Crippen LogP contribution in [0.2, 0.25) is 0 Å². The molecule has 5 rings (SSSR count). The summed E-state index contributed by atoms with van der Waals surface area (Å²) < 4.78 is 7.51. The van der Waals surface area contributed by atoms with Crippen molar-refractivity contribution in [2.45, 2.75) is 19.8 Å². The van der Waals surface area contributed by atoms with Crippen molar-refractivity contribution in [3.8, 4) is 11.5 Å². The second-order valence-corrected chi connectivity index (χ2v) is 8.12. The van der Waals surface area contributed by atoms with E-state index in [1.807, 2.05) is 26.1 Å². The Kier molecular flexibility index (Phi) is 4.96. The Labute approximate surface area is 184 Å². The quantitative estimate of drug-likeness (QED) is 0.618. The smallest absolute Gasteiger partial charge is 0.249 e. The summed E-state index contributed by atoms with van der Waals surface area (Å²) in [5, 5.41) is 16.0. The number of nitrogens with one attached hydrogen (secondary N) is 2. The molecule has 0 saturated heterocycles. The van der Waals surface area contributed by atoms with E-state index >= 15 is 0 Å². The van der Waals surface area contributed by atoms with Crippen LogP contribution in [0.4, 0.5) is 11.6 Å². The first-order valence-electron chi connectivity index (χ1n) is 10.5. The topological polar surface area (TPSA) is 113 Å². The number of carbonyl (C=O) groups is 2. The Bertz CT molecular complexity index is 1230. The maximum atomic E-state index is 12.6. The van der Waals surface area contributed by atoms with Gasteiger partial charge >= 0.3 is 0 Å². The molecule has 1 aliphatic heterocycles. The van der Waals surface area contributed by atoms with Crippen LogP contribution in [0.15, 0.2) is 47.7 Å². The van der Waals surface area contributed by atoms with Crippen molar-refractivity contribution in [3.05, 3.63) is 42.6 Å². The van der Waals surface area contributed by atoms with Gasteiger partial charge in [0, 0.05) is 30.4 Å². The van der Waals surface area contributed by atoms with Gasteiger partial charge in [0.05, 0.1) is 18.7 Å². The number of hydrazone groups is 1. The molecule has 1 atom stereocenters. The normalized spacial score (nSPS) is 17.9. The van der Waals surface area contributed by atoms with Gasteiger partial charge in [0.2, 0.25) is 17.8 Å². The molecule has 2 N–H and O–H groups in total. The molecule has 0 bridgehead atoms. The van der Waals surface area contributed by atoms with Gasteiger partial charge in [-0.25, -0.2) is 4.52 Å². The number of aromatic nitrogens is 3. The Morgan fingerprint density at radius 1 is 1.09 bits per heavy atom. The first kappa shape index (κ1) is 20.0. The standard InChI is InChI=1S/C22H23N7O3/c1-13-18(12-28(2)26-13)21(31)23-15-4-3-5-16(10-15)32-17-8-9-19-24-22(27-29(19)11-17)25-20(30)14-6-7-14/h3-5,8-11,14,18H,6-7,12H2,1-2H3,(H,23,31)(H,25,27,30). The monoisotopic (exact) mass is 433 g/mol. The minimum Gasteiger partial charge on any atom is -0.456 e. The van der Waals surface area contributed by atoms with Crippen molar-refractivity contribution < 1.29 is 14.3 Å². The van der Waals surface area contributed by atoms with Crippen LogP contribution in [0.5, 0.6) is 11.5 Å². The zero-order valence-electron chi connectivity index (χ0n) is 17.8. The van der Waals surface area contributed by atoms with Gasteiger partial charge in [0.1, 0.15) is 11.5 Å². The van der Waals surface area contributed by atoms with E-state index in [-0.39, 0.29) is 29.6 Å². The number of hydrogen-bond acceptors (Lipinski definition) is 7. The van der Waals surface area contributed by atoms with Crippen LogP contribution in [0.25, 0.3) is 5.65 Å². The number of pyridine rings is 1. The molecule has 1 unspecified atom stereocenters. The minimum absolute atomic E-state index is 0.0399. The largest absolute Gasteiger partial charge is 0.456 e. The third-order valence-corrected chi connectivity index (χ3v) is 5.42. The zero-order chi connectivity index (χ0) is 22.2. The molecule has 10 heteroatoms. The molecule has 1 aromatic carbocycles. The highest BCUT2D eigenvalue weighted by Gasteiger charge is 2.30. The summed E-state index contributed by atoms with van der Waals surface area (Å²) in [6, 6.07) is 10.7. The minimum atomic E-state index is -0.270. The van der Waals surface area contributed by atoms with Gasteiger partial charge in [-0.2, -0.15) is 10.1 Å². The molecule has 1 aliphatic carbocycles. The van der Waals surface area contributed by atoms with Crippen LogP contribution in [0.1, 0.15) is 19.8 Å². The summed E-state index contributed by atoms with van der Waals surface area (Å²) in [4.78, 5) is 28.8. The second kappa shape index (κ2) is 7.95. The fourth-order valence-corrected chi connectivity index (χ4v) is 3.59. The Balaban J connectivity index is 1.27. The molecule has 0 spiro atoms. The average molecular weight is 433 g/mol. The van der Waals surface area contributed by atoms with E-state index < -0.39 is 0 Å². The molecule has 1 fully saturated rings. The number of amides is 2. The molecule has 164 valence electrons. The summed E-state index contributed by atoms with van der Waals surface area (Å²) in [6.45, 7) is 2.42. The second-order valence-electron chi connectivity index (χ2n) is 8.12. The van der Waals surface area contributed by atoms with Gasteiger partial charge < -0.3 is 10.1 Å². The zero-order valence-corrected chi connectivity index (χ0v) is 17.8. The molecule has 3 aromatic rings. The van der Waals surface area contributed by atoms with Crippen LogP contribution in [0.3, 0.4) is 0 Å². The Morgan fingerprint density at radius 3 is 2.69 bits per heavy atom. The van der Waals surface area contributed by atoms with E-state index in [1.54, 1.807) is 40.0 Å². The molecular weight excluding hydrogens is 410 g/mol. The molecule has 3 heterocycles. The maximum Gasteiger partial charge on any atom is 0.249 e. The van der Waals surface area contributed by atoms with Crippen LogP contribution in [-0.2, 0) is 9.59 Å². The summed E-state index contributed by atoms with van der Waals surface area (Å²) in [5.74, 6) is 1.07. The van der Waals surface area contributed by atoms with Gasteiger partial charge in [-0.15, -0.1) is 5.10 Å². The first-order valence-corrected chi connectivity index (χ1v) is 10.5. The van der Waals surface area contributed by atoms with Gasteiger partial charge in [-0.1, -0.05) is 6.07 Å². The molecule has 2 amide bonds. The number of benzene rings is 1. The third-order valence-electron chi connectivity index (χ3n) is 5.42. The van der Waals surface area contributed by atoms with Gasteiger partial charge in [0.25, 0.3) is 0 Å². The Morgan fingerprint density at radius 2 is 1.94 bits per heavy atom. The van der Waals surface area contributed by atoms with Gasteiger partial charge in [-0.05, 0) is 44.0 Å². The van der Waals surface area contributed by atoms with Crippen molar-refractivity contribution in [2.75, 3.05) is 24.2 Å². The lowest BCUT2D eigenvalue weighted by molar-refractivity contribution is -0.118. The van der Waals surface area contributed by atoms with Crippen LogP contribution >= 0.6 is 0 Å². The van der Waals surface area contributed by atoms with E-state index in [0.717, 1.165) is 18.6 Å². The fraction of sp³-hybridized carbons (Fsp3) is 0.318. The summed E-state index contributed by atoms with van der Waals surface area (Å²) in [5.41, 5.74) is 2.04. The Hall–Kier alpha value is -3.95. The van der Waals surface area contributed by atoms with E-state index in [2.05, 4.69) is 25.8 Å². The number of rotatable bonds is 6. The predicted octanol–water partition coefficient (Wildman–Crippen LogP) is 2.75. The number of anilines is 2. The summed E-state index contributed by atoms with van der Waals surface area (Å²) in [6.07, 6.45) is 3.53. The number of ether oxygens (including phenoxy) is 1. The SMILES string of the molecule is CC1=NN(C)CC1C(=O)Nc1cccc(Oc2ccc3nc(NC(=O)C4CC4)nn3c2)c1. The lowest BCUT2D eigenvalue weighted by Gasteiger charge is -2.13. The lowest BCUT2D eigenvalue weighted by atomic mass is 10.0. The van der Waals surface area contributed by atoms with E-state index in [1.165, 1.54) is 0 Å². The van der Waals surface area contributed by atoms with Crippen molar-refractivity contribution >= 4 is 34.8 Å². The fourth-order valence-electron chi connectivity index (χ4n) is 3.59. The van der Waals surface area contributed by atoms with E-state index in [9.17, 15) is 9.59 Å². The van der Waals surface area contributed by atoms with Crippen molar-refractivity contribution in [1.29, 1.82) is 0 Å². The number of hydrogen-bond donors (Lipinski definition) is 2. The van der Waals surface area contributed by atoms with Crippen molar-refractivity contribution in [2.24, 2.45) is 16.9 Å². The third kappa shape index (κ3) is 4.25. The molecule has 2 aliphatic rings. The lowest BCUT2D eigenvalue weighted by Crippen LogP contribution is -2.30. The maximum absolute atomic E-state index is 12.6. The summed E-state index contributed by atoms with van der Waals surface area (Å²) >= 11 is 0. The van der Waals surface area contributed by atoms with Crippen LogP contribution in [-0.4, -0.2) is 50.7 Å². The van der Waals surface area contributed by atoms with E-state index in [0.29, 0.717) is 29.4 Å². The highest BCUT2D eigenvalue weighted by atomic mass is 16.5. The molecule has 2 aromatic heterocycles. The number of nitrogens with zero attached hydrogens (tertiary/aromatic N) is 5. The van der Waals surface area contributed by atoms with Crippen molar-refractivity contribution in [1.82, 2.24) is 19.6 Å². The highest BCUT2D eigenvalue weighted by Crippen LogP contribution is 2.30. The highest BCUT2D eigenvalue weighted by molar-refractivity contribution is 6.09. The summed E-state index contributed by atoms with van der Waals surface area (Å²) in [7, 11) is 1.85. The van der Waals surface area contributed by atoms with E-state index in [4.69, 9.17) is 4.74 Å². The first-order chi connectivity index (χ1) is 15.4. The number of fused-ring (bicyclic) bond motifs is 1. The van der Waals surface area contributed by atoms with Gasteiger partial charge in [-0.3, -0.25) is 19.9 Å². The molecule has 32 heavy (non-hydrogen) atoms. The molecule has 0 radical (unpaired) electrons. The van der Waals surface area contributed by atoms with Gasteiger partial charge in [0.15, 0.2) is 5.65 Å². The molecule has 10 nitrogen and oxygen atoms in total. The van der Waals surface area contributed by atoms with Crippen molar-refractivity contribution in [3.63, 3.8) is 0 Å². The van der Waals surface area contributed by atoms with Crippen LogP contribution in [0, 0.1) is 11.8 Å². The predicted molar refractivity (Wildman–Crippen MR) is 119 cm³/mol.